The van der Waals surface area contributed by atoms with E-state index in [4.69, 9.17) is 9.15 Å². The van der Waals surface area contributed by atoms with E-state index in [9.17, 15) is 14.7 Å². The summed E-state index contributed by atoms with van der Waals surface area (Å²) in [6.07, 6.45) is 3.55. The van der Waals surface area contributed by atoms with E-state index in [1.165, 1.54) is 25.6 Å². The molecule has 3 aromatic rings. The van der Waals surface area contributed by atoms with Crippen molar-refractivity contribution in [1.82, 2.24) is 15.2 Å². The van der Waals surface area contributed by atoms with E-state index in [0.717, 1.165) is 6.08 Å². The van der Waals surface area contributed by atoms with Crippen molar-refractivity contribution in [2.24, 2.45) is 0 Å². The minimum absolute atomic E-state index is 0.000801. The Kier molecular flexibility index (Phi) is 4.42. The zero-order valence-corrected chi connectivity index (χ0v) is 13.1. The maximum Gasteiger partial charge on any atom is 0.301 e. The number of allylic oxidation sites excluding steroid dienone is 1. The van der Waals surface area contributed by atoms with Gasteiger partial charge in [0.05, 0.1) is 6.26 Å². The van der Waals surface area contributed by atoms with Crippen molar-refractivity contribution in [3.8, 4) is 11.7 Å². The van der Waals surface area contributed by atoms with Gasteiger partial charge in [0.25, 0.3) is 0 Å². The Hall–Kier alpha value is -3.68. The Labute approximate surface area is 141 Å². The average molecular weight is 339 g/mol. The molecule has 2 heterocycles. The zero-order chi connectivity index (χ0) is 17.8. The lowest BCUT2D eigenvalue weighted by Gasteiger charge is -2.04. The second kappa shape index (κ2) is 6.83. The van der Waals surface area contributed by atoms with Gasteiger partial charge in [0.15, 0.2) is 17.3 Å². The Balaban J connectivity index is 1.79. The van der Waals surface area contributed by atoms with Crippen LogP contribution in [-0.2, 0) is 0 Å². The number of Topliss-reactive ketones (excluding diaryl/α,β-unsaturated/α-hetero) is 1. The molecule has 1 aromatic carbocycles. The van der Waals surface area contributed by atoms with E-state index in [-0.39, 0.29) is 28.9 Å². The number of aliphatic hydroxyl groups excluding tert-OH is 1. The summed E-state index contributed by atoms with van der Waals surface area (Å²) in [5, 5.41) is 15.9. The van der Waals surface area contributed by atoms with Crippen LogP contribution in [0.3, 0.4) is 0 Å². The lowest BCUT2D eigenvalue weighted by molar-refractivity contribution is 0.101. The predicted octanol–water partition coefficient (Wildman–Crippen LogP) is 3.17. The fraction of sp³-hybridized carbons (Fsp3) is 0.0588. The number of aromatic nitrogens is 3. The third kappa shape index (κ3) is 3.63. The molecule has 25 heavy (non-hydrogen) atoms. The first-order valence-corrected chi connectivity index (χ1v) is 7.22. The molecular formula is C17H13N3O5. The highest BCUT2D eigenvalue weighted by Crippen LogP contribution is 2.27. The zero-order valence-electron chi connectivity index (χ0n) is 13.1. The van der Waals surface area contributed by atoms with Crippen molar-refractivity contribution in [3.63, 3.8) is 0 Å². The van der Waals surface area contributed by atoms with E-state index in [0.29, 0.717) is 11.3 Å². The van der Waals surface area contributed by atoms with Gasteiger partial charge in [-0.15, -0.1) is 0 Å². The molecule has 3 rings (SSSR count). The normalized spacial score (nSPS) is 11.3. The second-order valence-corrected chi connectivity index (χ2v) is 5.02. The third-order valence-electron chi connectivity index (χ3n) is 3.28. The maximum absolute atomic E-state index is 12.3. The number of furan rings is 1. The summed E-state index contributed by atoms with van der Waals surface area (Å²) >= 11 is 0. The van der Waals surface area contributed by atoms with Crippen LogP contribution >= 0.6 is 0 Å². The summed E-state index contributed by atoms with van der Waals surface area (Å²) < 4.78 is 10.7. The van der Waals surface area contributed by atoms with Crippen molar-refractivity contribution in [2.75, 3.05) is 0 Å². The predicted molar refractivity (Wildman–Crippen MR) is 86.5 cm³/mol. The quantitative estimate of drug-likeness (QED) is 0.402. The Bertz CT molecular complexity index is 924. The summed E-state index contributed by atoms with van der Waals surface area (Å²) in [5.74, 6) is -0.612. The van der Waals surface area contributed by atoms with Gasteiger partial charge in [0.1, 0.15) is 17.6 Å². The van der Waals surface area contributed by atoms with Crippen LogP contribution in [0.2, 0.25) is 0 Å². The van der Waals surface area contributed by atoms with Gasteiger partial charge in [-0.2, -0.15) is 5.10 Å². The first-order valence-electron chi connectivity index (χ1n) is 7.22. The minimum atomic E-state index is -0.536. The number of aliphatic hydroxyl groups is 1. The van der Waals surface area contributed by atoms with Gasteiger partial charge < -0.3 is 14.3 Å². The minimum Gasteiger partial charge on any atom is -0.504 e. The van der Waals surface area contributed by atoms with Crippen molar-refractivity contribution >= 4 is 17.3 Å². The fourth-order valence-electron chi connectivity index (χ4n) is 2.02. The Morgan fingerprint density at radius 3 is 2.64 bits per heavy atom. The molecule has 0 spiro atoms. The van der Waals surface area contributed by atoms with Gasteiger partial charge in [0, 0.05) is 11.6 Å². The first-order chi connectivity index (χ1) is 12.0. The van der Waals surface area contributed by atoms with Gasteiger partial charge in [-0.05, 0) is 37.3 Å². The van der Waals surface area contributed by atoms with E-state index in [1.807, 2.05) is 0 Å². The number of carbonyl (C=O) groups is 2. The number of benzene rings is 1. The molecular weight excluding hydrogens is 326 g/mol. The highest BCUT2D eigenvalue weighted by Gasteiger charge is 2.17. The molecule has 0 saturated heterocycles. The van der Waals surface area contributed by atoms with Crippen LogP contribution in [0.25, 0.3) is 5.76 Å². The van der Waals surface area contributed by atoms with E-state index in [2.05, 4.69) is 15.2 Å². The largest absolute Gasteiger partial charge is 0.504 e. The summed E-state index contributed by atoms with van der Waals surface area (Å²) in [5.41, 5.74) is 0.667. The molecule has 0 radical (unpaired) electrons. The average Bonchev–Trinajstić information content (AvgIpc) is 3.27. The number of nitrogens with one attached hydrogen (secondary N) is 1. The van der Waals surface area contributed by atoms with Crippen LogP contribution in [0.15, 0.2) is 53.4 Å². The van der Waals surface area contributed by atoms with Crippen LogP contribution in [-0.4, -0.2) is 31.9 Å². The van der Waals surface area contributed by atoms with Crippen LogP contribution in [0, 0.1) is 0 Å². The number of aromatic amines is 1. The lowest BCUT2D eigenvalue weighted by Crippen LogP contribution is -1.98. The van der Waals surface area contributed by atoms with Gasteiger partial charge >= 0.3 is 5.95 Å². The molecule has 0 unspecified atom stereocenters. The number of hydrogen-bond donors (Lipinski definition) is 2. The van der Waals surface area contributed by atoms with Crippen molar-refractivity contribution in [3.05, 3.63) is 65.9 Å². The monoisotopic (exact) mass is 339 g/mol. The molecule has 8 nitrogen and oxygen atoms in total. The third-order valence-corrected chi connectivity index (χ3v) is 3.28. The molecule has 0 bridgehead atoms. The number of rotatable bonds is 6. The molecule has 2 N–H and O–H groups in total. The van der Waals surface area contributed by atoms with Crippen LogP contribution in [0.5, 0.6) is 11.7 Å². The Morgan fingerprint density at radius 2 is 2.00 bits per heavy atom. The lowest BCUT2D eigenvalue weighted by atomic mass is 10.1. The van der Waals surface area contributed by atoms with E-state index < -0.39 is 5.78 Å². The van der Waals surface area contributed by atoms with Gasteiger partial charge in [-0.1, -0.05) is 0 Å². The molecule has 0 fully saturated rings. The van der Waals surface area contributed by atoms with E-state index >= 15 is 0 Å². The molecule has 0 saturated carbocycles. The highest BCUT2D eigenvalue weighted by atomic mass is 16.6. The summed E-state index contributed by atoms with van der Waals surface area (Å²) in [6.45, 7) is 1.46. The fourth-order valence-corrected chi connectivity index (χ4v) is 2.02. The topological polar surface area (TPSA) is 118 Å². The summed E-state index contributed by atoms with van der Waals surface area (Å²) in [4.78, 5) is 27.3. The van der Waals surface area contributed by atoms with Gasteiger partial charge in [0.2, 0.25) is 5.82 Å². The first kappa shape index (κ1) is 16.2. The van der Waals surface area contributed by atoms with Gasteiger partial charge in [-0.3, -0.25) is 14.7 Å². The van der Waals surface area contributed by atoms with Crippen molar-refractivity contribution < 1.29 is 23.8 Å². The number of ketones is 2. The van der Waals surface area contributed by atoms with Gasteiger partial charge in [-0.25, -0.2) is 4.98 Å². The SMILES string of the molecule is CC(=O)c1ccc(Oc2occc2C(=O)C=C(O)c2nc[nH]n2)cc1. The number of nitrogens with zero attached hydrogens (tertiary/aromatic N) is 2. The highest BCUT2D eigenvalue weighted by molar-refractivity contribution is 6.08. The van der Waals surface area contributed by atoms with Crippen LogP contribution in [0.4, 0.5) is 0 Å². The number of H-pyrrole nitrogens is 1. The Morgan fingerprint density at radius 1 is 1.24 bits per heavy atom. The molecule has 0 atom stereocenters. The molecule has 0 amide bonds. The molecule has 2 aromatic heterocycles. The van der Waals surface area contributed by atoms with Crippen molar-refractivity contribution in [2.45, 2.75) is 6.92 Å². The number of carbonyl (C=O) groups excluding carboxylic acids is 2. The molecule has 0 aliphatic rings. The molecule has 0 aliphatic carbocycles. The van der Waals surface area contributed by atoms with E-state index in [1.54, 1.807) is 24.3 Å². The van der Waals surface area contributed by atoms with Crippen molar-refractivity contribution in [1.29, 1.82) is 0 Å². The molecule has 0 aliphatic heterocycles. The van der Waals surface area contributed by atoms with Crippen LogP contribution < -0.4 is 4.74 Å². The molecule has 126 valence electrons. The summed E-state index contributed by atoms with van der Waals surface area (Å²) in [6, 6.07) is 7.82. The smallest absolute Gasteiger partial charge is 0.301 e. The maximum atomic E-state index is 12.3. The summed E-state index contributed by atoms with van der Waals surface area (Å²) in [7, 11) is 0. The number of hydrogen-bond acceptors (Lipinski definition) is 7. The molecule has 8 heteroatoms. The number of ether oxygens (including phenoxy) is 1. The second-order valence-electron chi connectivity index (χ2n) is 5.02. The van der Waals surface area contributed by atoms with Crippen LogP contribution in [0.1, 0.15) is 33.5 Å². The standard InChI is InChI=1S/C17H13N3O5/c1-10(21)11-2-4-12(5-3-11)25-17-13(6-7-24-17)14(22)8-15(23)16-18-9-19-20-16/h2-9,23H,1H3,(H,18,19,20).